The summed E-state index contributed by atoms with van der Waals surface area (Å²) in [7, 11) is 0. The molecule has 0 spiro atoms. The quantitative estimate of drug-likeness (QED) is 0.847. The number of carbonyl (C=O) groups excluding carboxylic acids is 1. The summed E-state index contributed by atoms with van der Waals surface area (Å²) in [6.07, 6.45) is -4.44. The molecule has 0 aliphatic rings. The maximum Gasteiger partial charge on any atom is 0.416 e. The molecule has 0 aliphatic carbocycles. The molecule has 2 atom stereocenters. The second kappa shape index (κ2) is 6.47. The molecule has 0 saturated carbocycles. The second-order valence-corrected chi connectivity index (χ2v) is 4.90. The highest BCUT2D eigenvalue weighted by molar-refractivity contribution is 5.74. The van der Waals surface area contributed by atoms with Gasteiger partial charge >= 0.3 is 12.1 Å². The van der Waals surface area contributed by atoms with Crippen molar-refractivity contribution in [2.45, 2.75) is 39.0 Å². The predicted molar refractivity (Wildman–Crippen MR) is 71.4 cm³/mol. The highest BCUT2D eigenvalue weighted by Crippen LogP contribution is 2.40. The van der Waals surface area contributed by atoms with Gasteiger partial charge in [0, 0.05) is 0 Å². The van der Waals surface area contributed by atoms with Gasteiger partial charge in [-0.05, 0) is 31.9 Å². The first-order valence-electron chi connectivity index (χ1n) is 6.71. The zero-order valence-corrected chi connectivity index (χ0v) is 12.2. The first kappa shape index (κ1) is 17.5. The van der Waals surface area contributed by atoms with Crippen molar-refractivity contribution in [3.8, 4) is 0 Å². The lowest BCUT2D eigenvalue weighted by atomic mass is 9.79. The number of benzene rings is 1. The Kier molecular flexibility index (Phi) is 5.39. The van der Waals surface area contributed by atoms with Gasteiger partial charge in [0.2, 0.25) is 0 Å². The topological polar surface area (TPSA) is 46.5 Å². The van der Waals surface area contributed by atoms with E-state index in [0.717, 1.165) is 6.07 Å². The summed E-state index contributed by atoms with van der Waals surface area (Å²) in [6.45, 7) is 4.53. The van der Waals surface area contributed by atoms with Crippen LogP contribution in [0, 0.1) is 5.92 Å². The minimum Gasteiger partial charge on any atom is -0.466 e. The summed E-state index contributed by atoms with van der Waals surface area (Å²) in [5.74, 6) is -1.78. The van der Waals surface area contributed by atoms with E-state index in [1.165, 1.54) is 25.1 Å². The van der Waals surface area contributed by atoms with E-state index in [1.807, 2.05) is 0 Å². The Morgan fingerprint density at radius 3 is 2.19 bits per heavy atom. The third-order valence-electron chi connectivity index (χ3n) is 3.44. The van der Waals surface area contributed by atoms with Crippen LogP contribution in [0.25, 0.3) is 0 Å². The zero-order valence-electron chi connectivity index (χ0n) is 12.2. The molecule has 3 nitrogen and oxygen atoms in total. The van der Waals surface area contributed by atoms with E-state index >= 15 is 0 Å². The Morgan fingerprint density at radius 1 is 1.24 bits per heavy atom. The average molecular weight is 304 g/mol. The molecule has 1 aromatic carbocycles. The van der Waals surface area contributed by atoms with Crippen LogP contribution in [-0.4, -0.2) is 17.7 Å². The van der Waals surface area contributed by atoms with Crippen molar-refractivity contribution in [2.24, 2.45) is 5.92 Å². The molecular formula is C15H19F3O3. The Bertz CT molecular complexity index is 495. The van der Waals surface area contributed by atoms with Crippen molar-refractivity contribution in [3.63, 3.8) is 0 Å². The largest absolute Gasteiger partial charge is 0.466 e. The number of esters is 1. The Balaban J connectivity index is 3.32. The predicted octanol–water partition coefficient (Wildman–Crippen LogP) is 3.50. The van der Waals surface area contributed by atoms with Gasteiger partial charge in [0.05, 0.1) is 18.1 Å². The third kappa shape index (κ3) is 3.75. The molecule has 0 aliphatic heterocycles. The summed E-state index contributed by atoms with van der Waals surface area (Å²) >= 11 is 0. The second-order valence-electron chi connectivity index (χ2n) is 4.90. The van der Waals surface area contributed by atoms with Crippen molar-refractivity contribution in [3.05, 3.63) is 35.4 Å². The molecule has 0 amide bonds. The fourth-order valence-electron chi connectivity index (χ4n) is 2.40. The van der Waals surface area contributed by atoms with Crippen LogP contribution in [0.15, 0.2) is 24.3 Å². The average Bonchev–Trinajstić information content (AvgIpc) is 2.38. The van der Waals surface area contributed by atoms with Crippen LogP contribution in [0.4, 0.5) is 13.2 Å². The van der Waals surface area contributed by atoms with Gasteiger partial charge in [-0.2, -0.15) is 13.2 Å². The molecule has 0 bridgehead atoms. The number of alkyl halides is 3. The molecule has 0 saturated heterocycles. The molecule has 118 valence electrons. The van der Waals surface area contributed by atoms with Crippen molar-refractivity contribution < 1.29 is 27.8 Å². The smallest absolute Gasteiger partial charge is 0.416 e. The molecule has 1 N–H and O–H groups in total. The molecule has 6 heteroatoms. The normalized spacial score (nSPS) is 16.1. The van der Waals surface area contributed by atoms with Crippen LogP contribution < -0.4 is 0 Å². The number of aliphatic hydroxyl groups is 1. The number of ether oxygens (including phenoxy) is 1. The fraction of sp³-hybridized carbons (Fsp3) is 0.533. The van der Waals surface area contributed by atoms with Crippen LogP contribution in [-0.2, 0) is 21.3 Å². The Labute approximate surface area is 121 Å². The lowest BCUT2D eigenvalue weighted by Gasteiger charge is -2.33. The highest BCUT2D eigenvalue weighted by atomic mass is 19.4. The van der Waals surface area contributed by atoms with Gasteiger partial charge in [0.15, 0.2) is 0 Å². The van der Waals surface area contributed by atoms with E-state index in [2.05, 4.69) is 0 Å². The van der Waals surface area contributed by atoms with Crippen LogP contribution in [0.3, 0.4) is 0 Å². The van der Waals surface area contributed by atoms with E-state index in [1.54, 1.807) is 13.8 Å². The molecule has 1 aromatic rings. The summed E-state index contributed by atoms with van der Waals surface area (Å²) in [6, 6.07) is 4.72. The standard InChI is InChI=1S/C15H19F3O3/c1-4-10(13(19)21-5-2)14(3,20)11-8-6-7-9-12(11)15(16,17)18/h6-10,20H,4-5H2,1-3H3. The van der Waals surface area contributed by atoms with Gasteiger partial charge in [0.25, 0.3) is 0 Å². The van der Waals surface area contributed by atoms with E-state index in [9.17, 15) is 23.1 Å². The first-order chi connectivity index (χ1) is 9.66. The Morgan fingerprint density at radius 2 is 1.76 bits per heavy atom. The van der Waals surface area contributed by atoms with Crippen molar-refractivity contribution >= 4 is 5.97 Å². The molecule has 0 heterocycles. The molecule has 2 unspecified atom stereocenters. The SMILES string of the molecule is CCOC(=O)C(CC)C(C)(O)c1ccccc1C(F)(F)F. The van der Waals surface area contributed by atoms with Gasteiger partial charge in [-0.3, -0.25) is 4.79 Å². The summed E-state index contributed by atoms with van der Waals surface area (Å²) in [5, 5.41) is 10.6. The van der Waals surface area contributed by atoms with Gasteiger partial charge in [-0.15, -0.1) is 0 Å². The van der Waals surface area contributed by atoms with Crippen molar-refractivity contribution in [1.29, 1.82) is 0 Å². The number of rotatable bonds is 5. The number of hydrogen-bond donors (Lipinski definition) is 1. The van der Waals surface area contributed by atoms with Gasteiger partial charge in [0.1, 0.15) is 5.60 Å². The zero-order chi connectivity index (χ0) is 16.3. The summed E-state index contributed by atoms with van der Waals surface area (Å²) in [4.78, 5) is 11.9. The van der Waals surface area contributed by atoms with Crippen molar-refractivity contribution in [2.75, 3.05) is 6.61 Å². The van der Waals surface area contributed by atoms with E-state index in [4.69, 9.17) is 4.74 Å². The number of carbonyl (C=O) groups is 1. The maximum absolute atomic E-state index is 13.1. The minimum absolute atomic E-state index is 0.104. The number of halogens is 3. The molecule has 1 rings (SSSR count). The lowest BCUT2D eigenvalue weighted by molar-refractivity contribution is -0.161. The molecular weight excluding hydrogens is 285 g/mol. The summed E-state index contributed by atoms with van der Waals surface area (Å²) in [5.41, 5.74) is -3.23. The third-order valence-corrected chi connectivity index (χ3v) is 3.44. The van der Waals surface area contributed by atoms with Crippen molar-refractivity contribution in [1.82, 2.24) is 0 Å². The molecule has 21 heavy (non-hydrogen) atoms. The minimum atomic E-state index is -4.60. The van der Waals surface area contributed by atoms with E-state index < -0.39 is 29.2 Å². The fourth-order valence-corrected chi connectivity index (χ4v) is 2.40. The van der Waals surface area contributed by atoms with E-state index in [-0.39, 0.29) is 18.6 Å². The molecule has 0 radical (unpaired) electrons. The number of hydrogen-bond acceptors (Lipinski definition) is 3. The van der Waals surface area contributed by atoms with Gasteiger partial charge < -0.3 is 9.84 Å². The maximum atomic E-state index is 13.1. The van der Waals surface area contributed by atoms with Crippen LogP contribution in [0.1, 0.15) is 38.3 Å². The Hall–Kier alpha value is -1.56. The van der Waals surface area contributed by atoms with E-state index in [0.29, 0.717) is 0 Å². The molecule has 0 fully saturated rings. The van der Waals surface area contributed by atoms with Crippen LogP contribution in [0.5, 0.6) is 0 Å². The van der Waals surface area contributed by atoms with Crippen LogP contribution >= 0.6 is 0 Å². The molecule has 0 aromatic heterocycles. The van der Waals surface area contributed by atoms with Crippen LogP contribution in [0.2, 0.25) is 0 Å². The summed E-state index contributed by atoms with van der Waals surface area (Å²) < 4.78 is 44.1. The van der Waals surface area contributed by atoms with Gasteiger partial charge in [-0.1, -0.05) is 25.1 Å². The first-order valence-corrected chi connectivity index (χ1v) is 6.71. The van der Waals surface area contributed by atoms with Gasteiger partial charge in [-0.25, -0.2) is 0 Å². The highest BCUT2D eigenvalue weighted by Gasteiger charge is 2.44. The monoisotopic (exact) mass is 304 g/mol. The lowest BCUT2D eigenvalue weighted by Crippen LogP contribution is -2.39.